The van der Waals surface area contributed by atoms with E-state index in [1.54, 1.807) is 17.0 Å². The van der Waals surface area contributed by atoms with Crippen molar-refractivity contribution in [1.29, 1.82) is 0 Å². The van der Waals surface area contributed by atoms with Gasteiger partial charge in [0.25, 0.3) is 0 Å². The molecule has 2 aromatic carbocycles. The molecule has 4 rings (SSSR count). The van der Waals surface area contributed by atoms with Crippen LogP contribution in [0.15, 0.2) is 48.5 Å². The third-order valence-corrected chi connectivity index (χ3v) is 4.74. The van der Waals surface area contributed by atoms with E-state index >= 15 is 0 Å². The molecule has 0 bridgehead atoms. The summed E-state index contributed by atoms with van der Waals surface area (Å²) in [6.45, 7) is 2.38. The van der Waals surface area contributed by atoms with Crippen LogP contribution in [0.2, 0.25) is 0 Å². The summed E-state index contributed by atoms with van der Waals surface area (Å²) in [5, 5.41) is 0. The van der Waals surface area contributed by atoms with E-state index in [1.165, 1.54) is 6.07 Å². The lowest BCUT2D eigenvalue weighted by Gasteiger charge is -2.32. The highest BCUT2D eigenvalue weighted by molar-refractivity contribution is 5.94. The van der Waals surface area contributed by atoms with Gasteiger partial charge in [-0.25, -0.2) is 9.18 Å². The lowest BCUT2D eigenvalue weighted by atomic mass is 9.98. The number of amides is 2. The summed E-state index contributed by atoms with van der Waals surface area (Å²) in [6, 6.07) is 14.3. The summed E-state index contributed by atoms with van der Waals surface area (Å²) >= 11 is 0. The topological polar surface area (TPSA) is 32.8 Å². The summed E-state index contributed by atoms with van der Waals surface area (Å²) in [6.07, 6.45) is 0.862. The predicted molar refractivity (Wildman–Crippen MR) is 90.0 cm³/mol. The monoisotopic (exact) mass is 326 g/mol. The number of likely N-dealkylation sites (tertiary alicyclic amines) is 1. The van der Waals surface area contributed by atoms with Gasteiger partial charge in [0.15, 0.2) is 0 Å². The van der Waals surface area contributed by atoms with Gasteiger partial charge in [0.05, 0.1) is 12.2 Å². The maximum absolute atomic E-state index is 13.4. The van der Waals surface area contributed by atoms with Gasteiger partial charge < -0.3 is 9.64 Å². The van der Waals surface area contributed by atoms with Crippen LogP contribution in [0, 0.1) is 5.82 Å². The number of halogens is 1. The lowest BCUT2D eigenvalue weighted by Crippen LogP contribution is -2.45. The Morgan fingerprint density at radius 3 is 2.88 bits per heavy atom. The Hall–Kier alpha value is -2.56. The average Bonchev–Trinajstić information content (AvgIpc) is 3.11. The van der Waals surface area contributed by atoms with Crippen molar-refractivity contribution in [2.45, 2.75) is 12.3 Å². The molecule has 2 amide bonds. The van der Waals surface area contributed by atoms with Crippen LogP contribution in [0.5, 0.6) is 5.75 Å². The quantitative estimate of drug-likeness (QED) is 0.801. The van der Waals surface area contributed by atoms with Crippen molar-refractivity contribution in [1.82, 2.24) is 4.90 Å². The van der Waals surface area contributed by atoms with Crippen molar-refractivity contribution in [3.05, 3.63) is 59.9 Å². The zero-order valence-electron chi connectivity index (χ0n) is 13.3. The molecule has 0 aliphatic carbocycles. The van der Waals surface area contributed by atoms with E-state index in [1.807, 2.05) is 35.2 Å². The molecule has 0 radical (unpaired) electrons. The van der Waals surface area contributed by atoms with Gasteiger partial charge in [-0.05, 0) is 36.2 Å². The van der Waals surface area contributed by atoms with Crippen molar-refractivity contribution in [2.75, 3.05) is 31.1 Å². The summed E-state index contributed by atoms with van der Waals surface area (Å²) < 4.78 is 19.0. The Labute approximate surface area is 140 Å². The van der Waals surface area contributed by atoms with Gasteiger partial charge in [0.2, 0.25) is 0 Å². The summed E-state index contributed by atoms with van der Waals surface area (Å²) in [5.74, 6) is 0.721. The van der Waals surface area contributed by atoms with E-state index in [0.29, 0.717) is 26.2 Å². The van der Waals surface area contributed by atoms with Crippen LogP contribution in [0.1, 0.15) is 17.9 Å². The van der Waals surface area contributed by atoms with Crippen LogP contribution in [-0.2, 0) is 0 Å². The first-order valence-corrected chi connectivity index (χ1v) is 8.26. The third kappa shape index (κ3) is 2.70. The number of anilines is 1. The number of nitrogens with zero attached hydrogens (tertiary/aromatic N) is 2. The number of carbonyl (C=O) groups is 1. The van der Waals surface area contributed by atoms with E-state index in [4.69, 9.17) is 4.74 Å². The van der Waals surface area contributed by atoms with Gasteiger partial charge in [0.1, 0.15) is 18.2 Å². The van der Waals surface area contributed by atoms with Crippen LogP contribution >= 0.6 is 0 Å². The molecule has 1 atom stereocenters. The number of rotatable bonds is 1. The molecule has 4 nitrogen and oxygen atoms in total. The van der Waals surface area contributed by atoms with Crippen molar-refractivity contribution >= 4 is 11.7 Å². The fourth-order valence-electron chi connectivity index (χ4n) is 3.51. The number of hydrogen-bond donors (Lipinski definition) is 0. The van der Waals surface area contributed by atoms with Crippen LogP contribution in [0.3, 0.4) is 0 Å². The molecule has 2 aromatic rings. The van der Waals surface area contributed by atoms with Crippen LogP contribution < -0.4 is 9.64 Å². The number of ether oxygens (including phenoxy) is 1. The van der Waals surface area contributed by atoms with E-state index < -0.39 is 0 Å². The third-order valence-electron chi connectivity index (χ3n) is 4.74. The molecule has 124 valence electrons. The maximum Gasteiger partial charge on any atom is 0.324 e. The molecule has 1 saturated heterocycles. The van der Waals surface area contributed by atoms with E-state index in [0.717, 1.165) is 23.4 Å². The van der Waals surface area contributed by atoms with E-state index in [2.05, 4.69) is 0 Å². The van der Waals surface area contributed by atoms with Gasteiger partial charge in [-0.15, -0.1) is 0 Å². The predicted octanol–water partition coefficient (Wildman–Crippen LogP) is 3.63. The minimum absolute atomic E-state index is 0.00431. The highest BCUT2D eigenvalue weighted by Crippen LogP contribution is 2.34. The van der Waals surface area contributed by atoms with Crippen LogP contribution in [0.4, 0.5) is 14.9 Å². The Morgan fingerprint density at radius 1 is 1.12 bits per heavy atom. The van der Waals surface area contributed by atoms with Crippen molar-refractivity contribution in [2.24, 2.45) is 0 Å². The second kappa shape index (κ2) is 6.15. The SMILES string of the molecule is O=C(N1CCC(c2cccc(F)c2)C1)N1CCOc2ccccc21. The molecule has 2 aliphatic rings. The smallest absolute Gasteiger partial charge is 0.324 e. The van der Waals surface area contributed by atoms with Gasteiger partial charge in [-0.1, -0.05) is 24.3 Å². The zero-order valence-corrected chi connectivity index (χ0v) is 13.3. The summed E-state index contributed by atoms with van der Waals surface area (Å²) in [7, 11) is 0. The van der Waals surface area contributed by atoms with E-state index in [9.17, 15) is 9.18 Å². The minimum atomic E-state index is -0.223. The van der Waals surface area contributed by atoms with Gasteiger partial charge in [-0.2, -0.15) is 0 Å². The lowest BCUT2D eigenvalue weighted by molar-refractivity contribution is 0.209. The molecule has 5 heteroatoms. The molecule has 0 N–H and O–H groups in total. The number of hydrogen-bond acceptors (Lipinski definition) is 2. The largest absolute Gasteiger partial charge is 0.490 e. The van der Waals surface area contributed by atoms with Crippen LogP contribution in [0.25, 0.3) is 0 Å². The molecular weight excluding hydrogens is 307 g/mol. The Bertz CT molecular complexity index is 765. The Balaban J connectivity index is 1.51. The molecule has 0 saturated carbocycles. The van der Waals surface area contributed by atoms with Gasteiger partial charge in [0, 0.05) is 19.0 Å². The first-order valence-electron chi connectivity index (χ1n) is 8.26. The van der Waals surface area contributed by atoms with Crippen molar-refractivity contribution in [3.8, 4) is 5.75 Å². The number of benzene rings is 2. The number of carbonyl (C=O) groups excluding carboxylic acids is 1. The highest BCUT2D eigenvalue weighted by Gasteiger charge is 2.32. The summed E-state index contributed by atoms with van der Waals surface area (Å²) in [5.41, 5.74) is 1.79. The second-order valence-electron chi connectivity index (χ2n) is 6.24. The molecule has 1 fully saturated rings. The fraction of sp³-hybridized carbons (Fsp3) is 0.316. The molecule has 2 aliphatic heterocycles. The van der Waals surface area contributed by atoms with Crippen molar-refractivity contribution < 1.29 is 13.9 Å². The molecule has 0 spiro atoms. The van der Waals surface area contributed by atoms with E-state index in [-0.39, 0.29) is 17.8 Å². The first kappa shape index (κ1) is 15.0. The molecule has 24 heavy (non-hydrogen) atoms. The highest BCUT2D eigenvalue weighted by atomic mass is 19.1. The number of fused-ring (bicyclic) bond motifs is 1. The normalized spacial score (nSPS) is 19.8. The number of para-hydroxylation sites is 2. The average molecular weight is 326 g/mol. The van der Waals surface area contributed by atoms with Crippen LogP contribution in [-0.4, -0.2) is 37.2 Å². The van der Waals surface area contributed by atoms with Crippen molar-refractivity contribution in [3.63, 3.8) is 0 Å². The fourth-order valence-corrected chi connectivity index (χ4v) is 3.51. The molecule has 2 heterocycles. The van der Waals surface area contributed by atoms with Gasteiger partial charge in [-0.3, -0.25) is 4.90 Å². The first-order chi connectivity index (χ1) is 11.7. The van der Waals surface area contributed by atoms with Gasteiger partial charge >= 0.3 is 6.03 Å². The standard InChI is InChI=1S/C19H19FN2O2/c20-16-5-3-4-14(12-16)15-8-9-21(13-15)19(23)22-10-11-24-18-7-2-1-6-17(18)22/h1-7,12,15H,8-11,13H2. The maximum atomic E-state index is 13.4. The zero-order chi connectivity index (χ0) is 16.5. The summed E-state index contributed by atoms with van der Waals surface area (Å²) in [4.78, 5) is 16.6. The minimum Gasteiger partial charge on any atom is -0.490 e. The Kier molecular flexibility index (Phi) is 3.84. The Morgan fingerprint density at radius 2 is 2.00 bits per heavy atom. The second-order valence-corrected chi connectivity index (χ2v) is 6.24. The molecular formula is C19H19FN2O2. The molecule has 1 unspecified atom stereocenters. The number of urea groups is 1. The molecule has 0 aromatic heterocycles.